The van der Waals surface area contributed by atoms with Gasteiger partial charge in [-0.2, -0.15) is 9.78 Å². The van der Waals surface area contributed by atoms with Gasteiger partial charge in [-0.1, -0.05) is 0 Å². The van der Waals surface area contributed by atoms with Crippen molar-refractivity contribution in [3.8, 4) is 40.0 Å². The van der Waals surface area contributed by atoms with Crippen LogP contribution < -0.4 is 10.4 Å². The summed E-state index contributed by atoms with van der Waals surface area (Å²) in [5.41, 5.74) is 2.32. The van der Waals surface area contributed by atoms with Gasteiger partial charge in [-0.15, -0.1) is 5.10 Å². The fourth-order valence-corrected chi connectivity index (χ4v) is 3.29. The standard InChI is InChI=1S/C23H18FN7O2/c1-14-20(33-18-9-10-25-19(11-18)16-12-26-30(2)13-16)7-8-21(27-14)31-23(32)28-22(29-31)15-3-5-17(24)6-4-15/h3-13H,1-2H3,(H,28,29,32). The minimum atomic E-state index is -0.454. The number of hydrogen-bond donors (Lipinski definition) is 1. The Bertz CT molecular complexity index is 1500. The quantitative estimate of drug-likeness (QED) is 0.445. The van der Waals surface area contributed by atoms with E-state index in [2.05, 4.69) is 25.1 Å². The summed E-state index contributed by atoms with van der Waals surface area (Å²) in [6, 6.07) is 12.6. The highest BCUT2D eigenvalue weighted by Crippen LogP contribution is 2.27. The van der Waals surface area contributed by atoms with Crippen molar-refractivity contribution >= 4 is 0 Å². The zero-order valence-electron chi connectivity index (χ0n) is 17.7. The highest BCUT2D eigenvalue weighted by atomic mass is 19.1. The van der Waals surface area contributed by atoms with Crippen LogP contribution in [0.5, 0.6) is 11.5 Å². The summed E-state index contributed by atoms with van der Waals surface area (Å²) in [6.45, 7) is 1.78. The molecule has 0 atom stereocenters. The Labute approximate surface area is 187 Å². The maximum atomic E-state index is 13.2. The molecule has 9 nitrogen and oxygen atoms in total. The highest BCUT2D eigenvalue weighted by molar-refractivity contribution is 5.59. The number of aromatic nitrogens is 7. The molecule has 0 saturated carbocycles. The first-order chi connectivity index (χ1) is 16.0. The van der Waals surface area contributed by atoms with Gasteiger partial charge in [0, 0.05) is 36.6 Å². The number of ether oxygens (including phenoxy) is 1. The van der Waals surface area contributed by atoms with Crippen molar-refractivity contribution in [3.63, 3.8) is 0 Å². The van der Waals surface area contributed by atoms with Gasteiger partial charge in [-0.25, -0.2) is 14.2 Å². The maximum absolute atomic E-state index is 13.2. The van der Waals surface area contributed by atoms with Crippen molar-refractivity contribution in [3.05, 3.63) is 89.1 Å². The molecule has 0 radical (unpaired) electrons. The second-order valence-corrected chi connectivity index (χ2v) is 7.33. The number of benzene rings is 1. The Morgan fingerprint density at radius 1 is 1.06 bits per heavy atom. The Morgan fingerprint density at radius 2 is 1.88 bits per heavy atom. The van der Waals surface area contributed by atoms with E-state index in [4.69, 9.17) is 4.74 Å². The molecule has 0 saturated heterocycles. The lowest BCUT2D eigenvalue weighted by molar-refractivity contribution is 0.475. The van der Waals surface area contributed by atoms with Gasteiger partial charge >= 0.3 is 5.69 Å². The van der Waals surface area contributed by atoms with E-state index in [0.29, 0.717) is 34.4 Å². The number of aromatic amines is 1. The van der Waals surface area contributed by atoms with E-state index in [-0.39, 0.29) is 5.82 Å². The molecule has 5 aromatic rings. The van der Waals surface area contributed by atoms with Crippen LogP contribution in [0.4, 0.5) is 4.39 Å². The molecule has 0 aliphatic carbocycles. The fraction of sp³-hybridized carbons (Fsp3) is 0.0870. The molecule has 0 fully saturated rings. The SMILES string of the molecule is Cc1nc(-n2nc(-c3ccc(F)cc3)[nH]c2=O)ccc1Oc1ccnc(-c2cnn(C)c2)c1. The van der Waals surface area contributed by atoms with Crippen LogP contribution in [0.25, 0.3) is 28.5 Å². The Balaban J connectivity index is 1.41. The number of halogens is 1. The normalized spacial score (nSPS) is 11.0. The molecule has 1 N–H and O–H groups in total. The minimum absolute atomic E-state index is 0.319. The van der Waals surface area contributed by atoms with Gasteiger partial charge in [0.05, 0.1) is 17.6 Å². The Hall–Kier alpha value is -4.60. The first-order valence-corrected chi connectivity index (χ1v) is 10.0. The molecule has 0 spiro atoms. The van der Waals surface area contributed by atoms with Crippen LogP contribution in [0.2, 0.25) is 0 Å². The zero-order chi connectivity index (χ0) is 22.9. The predicted octanol–water partition coefficient (Wildman–Crippen LogP) is 3.66. The molecule has 0 bridgehead atoms. The maximum Gasteiger partial charge on any atom is 0.349 e. The van der Waals surface area contributed by atoms with Crippen LogP contribution in [0.3, 0.4) is 0 Å². The number of aryl methyl sites for hydroxylation is 2. The molecule has 0 aliphatic heterocycles. The lowest BCUT2D eigenvalue weighted by Gasteiger charge is -2.10. The van der Waals surface area contributed by atoms with Crippen molar-refractivity contribution in [2.75, 3.05) is 0 Å². The summed E-state index contributed by atoms with van der Waals surface area (Å²) < 4.78 is 22.0. The van der Waals surface area contributed by atoms with Crippen LogP contribution >= 0.6 is 0 Å². The van der Waals surface area contributed by atoms with Crippen molar-refractivity contribution < 1.29 is 9.13 Å². The summed E-state index contributed by atoms with van der Waals surface area (Å²) in [6.07, 6.45) is 5.26. The number of hydrogen-bond acceptors (Lipinski definition) is 6. The highest BCUT2D eigenvalue weighted by Gasteiger charge is 2.13. The van der Waals surface area contributed by atoms with Crippen molar-refractivity contribution in [1.82, 2.24) is 34.5 Å². The molecule has 4 heterocycles. The van der Waals surface area contributed by atoms with Gasteiger partial charge in [0.15, 0.2) is 11.6 Å². The predicted molar refractivity (Wildman–Crippen MR) is 119 cm³/mol. The van der Waals surface area contributed by atoms with E-state index < -0.39 is 5.69 Å². The van der Waals surface area contributed by atoms with Gasteiger partial charge in [0.25, 0.3) is 0 Å². The van der Waals surface area contributed by atoms with E-state index in [0.717, 1.165) is 15.9 Å². The number of nitrogens with zero attached hydrogens (tertiary/aromatic N) is 6. The van der Waals surface area contributed by atoms with Gasteiger partial charge in [-0.3, -0.25) is 14.6 Å². The molecular weight excluding hydrogens is 425 g/mol. The summed E-state index contributed by atoms with van der Waals surface area (Å²) in [5, 5.41) is 8.45. The molecule has 4 aromatic heterocycles. The molecular formula is C23H18FN7O2. The van der Waals surface area contributed by atoms with E-state index >= 15 is 0 Å². The number of pyridine rings is 2. The molecule has 0 amide bonds. The largest absolute Gasteiger partial charge is 0.455 e. The lowest BCUT2D eigenvalue weighted by atomic mass is 10.2. The van der Waals surface area contributed by atoms with E-state index in [1.165, 1.54) is 12.1 Å². The first kappa shape index (κ1) is 20.3. The average molecular weight is 443 g/mol. The zero-order valence-corrected chi connectivity index (χ0v) is 17.7. The lowest BCUT2D eigenvalue weighted by Crippen LogP contribution is -2.17. The van der Waals surface area contributed by atoms with E-state index in [9.17, 15) is 9.18 Å². The molecule has 0 aliphatic rings. The minimum Gasteiger partial charge on any atom is -0.455 e. The molecule has 1 aromatic carbocycles. The third-order valence-corrected chi connectivity index (χ3v) is 4.93. The van der Waals surface area contributed by atoms with Crippen LogP contribution in [-0.4, -0.2) is 34.5 Å². The molecule has 10 heteroatoms. The van der Waals surface area contributed by atoms with Crippen molar-refractivity contribution in [2.45, 2.75) is 6.92 Å². The Kier molecular flexibility index (Phi) is 5.02. The monoisotopic (exact) mass is 443 g/mol. The van der Waals surface area contributed by atoms with Crippen LogP contribution in [0.1, 0.15) is 5.69 Å². The van der Waals surface area contributed by atoms with Gasteiger partial charge < -0.3 is 4.74 Å². The van der Waals surface area contributed by atoms with Crippen molar-refractivity contribution in [2.24, 2.45) is 7.05 Å². The summed E-state index contributed by atoms with van der Waals surface area (Å²) >= 11 is 0. The first-order valence-electron chi connectivity index (χ1n) is 10.0. The summed E-state index contributed by atoms with van der Waals surface area (Å²) in [5.74, 6) is 1.41. The third kappa shape index (κ3) is 4.13. The third-order valence-electron chi connectivity index (χ3n) is 4.93. The molecule has 164 valence electrons. The van der Waals surface area contributed by atoms with Crippen molar-refractivity contribution in [1.29, 1.82) is 0 Å². The Morgan fingerprint density at radius 3 is 2.61 bits per heavy atom. The smallest absolute Gasteiger partial charge is 0.349 e. The second kappa shape index (κ2) is 8.15. The van der Waals surface area contributed by atoms with E-state index in [1.807, 2.05) is 19.3 Å². The van der Waals surface area contributed by atoms with Gasteiger partial charge in [-0.05, 0) is 49.4 Å². The van der Waals surface area contributed by atoms with Gasteiger partial charge in [0.2, 0.25) is 0 Å². The van der Waals surface area contributed by atoms with Crippen LogP contribution in [0, 0.1) is 12.7 Å². The summed E-state index contributed by atoms with van der Waals surface area (Å²) in [4.78, 5) is 23.9. The number of H-pyrrole nitrogens is 1. The average Bonchev–Trinajstić information content (AvgIpc) is 3.42. The van der Waals surface area contributed by atoms with E-state index in [1.54, 1.807) is 54.3 Å². The number of rotatable bonds is 5. The number of nitrogens with one attached hydrogen (secondary N) is 1. The molecule has 33 heavy (non-hydrogen) atoms. The van der Waals surface area contributed by atoms with Crippen LogP contribution in [-0.2, 0) is 7.05 Å². The molecule has 5 rings (SSSR count). The topological polar surface area (TPSA) is 104 Å². The summed E-state index contributed by atoms with van der Waals surface area (Å²) in [7, 11) is 1.84. The van der Waals surface area contributed by atoms with Gasteiger partial charge in [0.1, 0.15) is 17.3 Å². The van der Waals surface area contributed by atoms with Crippen LogP contribution in [0.15, 0.2) is 71.9 Å². The molecule has 0 unspecified atom stereocenters. The fourth-order valence-electron chi connectivity index (χ4n) is 3.29. The second-order valence-electron chi connectivity index (χ2n) is 7.33.